The van der Waals surface area contributed by atoms with E-state index in [2.05, 4.69) is 3.77 Å². The molecule has 1 atom stereocenters. The van der Waals surface area contributed by atoms with Crippen LogP contribution in [0.3, 0.4) is 0 Å². The highest BCUT2D eigenvalue weighted by Crippen LogP contribution is 2.26. The summed E-state index contributed by atoms with van der Waals surface area (Å²) < 4.78 is 40.7. The van der Waals surface area contributed by atoms with Crippen molar-refractivity contribution >= 4 is 29.6 Å². The maximum absolute atomic E-state index is 12.6. The van der Waals surface area contributed by atoms with Crippen molar-refractivity contribution in [1.29, 1.82) is 0 Å². The van der Waals surface area contributed by atoms with Crippen LogP contribution in [0.2, 0.25) is 0 Å². The van der Waals surface area contributed by atoms with Crippen molar-refractivity contribution in [1.82, 2.24) is 0 Å². The number of halogens is 1. The van der Waals surface area contributed by atoms with Gasteiger partial charge >= 0.3 is 0 Å². The maximum Gasteiger partial charge on any atom is 0.291 e. The Labute approximate surface area is 135 Å². The normalized spacial score (nSPS) is 14.4. The van der Waals surface area contributed by atoms with Crippen LogP contribution in [0.4, 0.5) is 0 Å². The van der Waals surface area contributed by atoms with E-state index in [9.17, 15) is 12.6 Å². The van der Waals surface area contributed by atoms with E-state index in [0.29, 0.717) is 5.56 Å². The molecular weight excluding hydrogens is 342 g/mol. The number of nitrogens with zero attached hydrogens (tertiary/aromatic N) is 1. The predicted molar refractivity (Wildman–Crippen MR) is 89.0 cm³/mol. The molecule has 0 radical (unpaired) electrons. The Hall–Kier alpha value is -1.37. The lowest BCUT2D eigenvalue weighted by molar-refractivity contribution is 0.598. The molecule has 1 unspecified atom stereocenters. The molecule has 22 heavy (non-hydrogen) atoms. The number of aryl methyl sites for hydroxylation is 3. The quantitative estimate of drug-likeness (QED) is 0.780. The fourth-order valence-corrected chi connectivity index (χ4v) is 6.02. The van der Waals surface area contributed by atoms with Crippen LogP contribution in [0.15, 0.2) is 56.0 Å². The average molecular weight is 358 g/mol. The van der Waals surface area contributed by atoms with Crippen molar-refractivity contribution in [2.24, 2.45) is 3.77 Å². The largest absolute Gasteiger partial charge is 0.291 e. The molecule has 0 saturated heterocycles. The third-order valence-corrected chi connectivity index (χ3v) is 7.54. The predicted octanol–water partition coefficient (Wildman–Crippen LogP) is 3.98. The van der Waals surface area contributed by atoms with E-state index in [1.54, 1.807) is 31.2 Å². The summed E-state index contributed by atoms with van der Waals surface area (Å²) in [6.45, 7) is 5.36. The van der Waals surface area contributed by atoms with Crippen molar-refractivity contribution in [3.63, 3.8) is 0 Å². The minimum atomic E-state index is -4.09. The monoisotopic (exact) mass is 357 g/mol. The van der Waals surface area contributed by atoms with E-state index in [0.717, 1.165) is 11.1 Å². The van der Waals surface area contributed by atoms with Gasteiger partial charge in [-0.25, -0.2) is 4.21 Å². The van der Waals surface area contributed by atoms with Gasteiger partial charge in [-0.1, -0.05) is 33.6 Å². The van der Waals surface area contributed by atoms with Crippen LogP contribution in [-0.4, -0.2) is 12.6 Å². The Balaban J connectivity index is 2.61. The van der Waals surface area contributed by atoms with Crippen LogP contribution in [-0.2, 0) is 19.0 Å². The third kappa shape index (κ3) is 3.69. The first-order chi connectivity index (χ1) is 10.1. The van der Waals surface area contributed by atoms with E-state index >= 15 is 0 Å². The van der Waals surface area contributed by atoms with Gasteiger partial charge in [0.05, 0.1) is 9.79 Å². The molecule has 2 aromatic rings. The highest BCUT2D eigenvalue weighted by molar-refractivity contribution is 8.19. The van der Waals surface area contributed by atoms with Crippen LogP contribution < -0.4 is 0 Å². The number of hydrogen-bond donors (Lipinski definition) is 0. The van der Waals surface area contributed by atoms with Gasteiger partial charge in [0.1, 0.15) is 0 Å². The van der Waals surface area contributed by atoms with Gasteiger partial charge in [0.15, 0.2) is 8.94 Å². The Morgan fingerprint density at radius 2 is 1.41 bits per heavy atom. The van der Waals surface area contributed by atoms with Gasteiger partial charge in [-0.2, -0.15) is 8.42 Å². The van der Waals surface area contributed by atoms with Crippen molar-refractivity contribution in [3.8, 4) is 0 Å². The highest BCUT2D eigenvalue weighted by atomic mass is 35.7. The minimum absolute atomic E-state index is 0.0308. The van der Waals surface area contributed by atoms with Gasteiger partial charge in [-0.3, -0.25) is 0 Å². The molecule has 0 spiro atoms. The van der Waals surface area contributed by atoms with Crippen molar-refractivity contribution < 1.29 is 12.6 Å². The summed E-state index contributed by atoms with van der Waals surface area (Å²) in [6, 6.07) is 11.3. The molecular formula is C15H16ClNO3S2. The molecule has 0 amide bonds. The maximum atomic E-state index is 12.6. The zero-order chi connectivity index (χ0) is 16.5. The summed E-state index contributed by atoms with van der Waals surface area (Å²) >= 11 is 0. The summed E-state index contributed by atoms with van der Waals surface area (Å²) in [4.78, 5) is 0.196. The second kappa shape index (κ2) is 6.02. The van der Waals surface area contributed by atoms with Crippen LogP contribution in [0.25, 0.3) is 0 Å². The van der Waals surface area contributed by atoms with E-state index in [1.165, 1.54) is 12.1 Å². The average Bonchev–Trinajstić information content (AvgIpc) is 2.40. The molecule has 0 aliphatic carbocycles. The molecule has 0 aliphatic rings. The van der Waals surface area contributed by atoms with Gasteiger partial charge in [0, 0.05) is 10.7 Å². The van der Waals surface area contributed by atoms with Gasteiger partial charge in [0.25, 0.3) is 10.0 Å². The molecule has 7 heteroatoms. The lowest BCUT2D eigenvalue weighted by Gasteiger charge is -2.07. The van der Waals surface area contributed by atoms with Crippen molar-refractivity contribution in [2.45, 2.75) is 30.6 Å². The molecule has 0 aromatic heterocycles. The van der Waals surface area contributed by atoms with E-state index < -0.39 is 19.0 Å². The zero-order valence-electron chi connectivity index (χ0n) is 12.4. The first kappa shape index (κ1) is 17.0. The summed E-state index contributed by atoms with van der Waals surface area (Å²) in [5.74, 6) is 0. The molecule has 0 heterocycles. The lowest BCUT2D eigenvalue weighted by Crippen LogP contribution is -2.03. The summed E-state index contributed by atoms with van der Waals surface area (Å²) in [5, 5.41) is 0. The van der Waals surface area contributed by atoms with E-state index in [-0.39, 0.29) is 9.79 Å². The minimum Gasteiger partial charge on any atom is -0.227 e. The number of benzene rings is 2. The Morgan fingerprint density at radius 3 is 2.00 bits per heavy atom. The van der Waals surface area contributed by atoms with Gasteiger partial charge < -0.3 is 0 Å². The van der Waals surface area contributed by atoms with Gasteiger partial charge in [0.2, 0.25) is 0 Å². The van der Waals surface area contributed by atoms with Crippen LogP contribution in [0.1, 0.15) is 16.7 Å². The fourth-order valence-electron chi connectivity index (χ4n) is 1.90. The lowest BCUT2D eigenvalue weighted by atomic mass is 10.2. The second-order valence-corrected chi connectivity index (χ2v) is 9.72. The standard InChI is InChI=1S/C15H16ClNO3S2/c1-11-5-8-14(9-6-11)22(19,20)17-21(16,18)15-10-12(2)4-7-13(15)3/h4-10H,1-3H3. The highest BCUT2D eigenvalue weighted by Gasteiger charge is 2.20. The number of rotatable bonds is 3. The molecule has 0 bridgehead atoms. The van der Waals surface area contributed by atoms with Crippen molar-refractivity contribution in [2.75, 3.05) is 0 Å². The van der Waals surface area contributed by atoms with E-state index in [1.807, 2.05) is 19.9 Å². The van der Waals surface area contributed by atoms with Gasteiger partial charge in [-0.15, -0.1) is 0 Å². The molecule has 0 N–H and O–H groups in total. The Kier molecular flexibility index (Phi) is 4.65. The third-order valence-electron chi connectivity index (χ3n) is 3.13. The van der Waals surface area contributed by atoms with Crippen LogP contribution in [0, 0.1) is 20.8 Å². The summed E-state index contributed by atoms with van der Waals surface area (Å²) in [6.07, 6.45) is 0. The molecule has 2 rings (SSSR count). The number of hydrogen-bond acceptors (Lipinski definition) is 3. The smallest absolute Gasteiger partial charge is 0.227 e. The zero-order valence-corrected chi connectivity index (χ0v) is 14.8. The molecule has 4 nitrogen and oxygen atoms in total. The van der Waals surface area contributed by atoms with Crippen molar-refractivity contribution in [3.05, 3.63) is 59.2 Å². The molecule has 0 fully saturated rings. The first-order valence-electron chi connectivity index (χ1n) is 6.49. The van der Waals surface area contributed by atoms with Crippen LogP contribution in [0.5, 0.6) is 0 Å². The molecule has 2 aromatic carbocycles. The Bertz CT molecular complexity index is 926. The number of sulfonamides is 1. The first-order valence-corrected chi connectivity index (χ1v) is 10.3. The topological polar surface area (TPSA) is 63.6 Å². The summed E-state index contributed by atoms with van der Waals surface area (Å²) in [5.41, 5.74) is 2.38. The molecule has 0 saturated carbocycles. The molecule has 118 valence electrons. The SMILES string of the molecule is Cc1ccc(S(=O)(=O)N=S(=O)(Cl)c2cc(C)ccc2C)cc1. The fraction of sp³-hybridized carbons (Fsp3) is 0.200. The van der Waals surface area contributed by atoms with Gasteiger partial charge in [-0.05, 0) is 50.1 Å². The molecule has 0 aliphatic heterocycles. The Morgan fingerprint density at radius 1 is 0.864 bits per heavy atom. The van der Waals surface area contributed by atoms with E-state index in [4.69, 9.17) is 10.7 Å². The van der Waals surface area contributed by atoms with Crippen LogP contribution >= 0.6 is 10.7 Å². The summed E-state index contributed by atoms with van der Waals surface area (Å²) in [7, 11) is -1.68. The second-order valence-electron chi connectivity index (χ2n) is 5.09.